The molecule has 2 aliphatic rings. The van der Waals surface area contributed by atoms with E-state index in [-0.39, 0.29) is 11.8 Å². The molecule has 0 saturated carbocycles. The Morgan fingerprint density at radius 2 is 2.10 bits per heavy atom. The van der Waals surface area contributed by atoms with Gasteiger partial charge >= 0.3 is 0 Å². The molecule has 1 spiro atoms. The summed E-state index contributed by atoms with van der Waals surface area (Å²) in [5.41, 5.74) is -0.448. The van der Waals surface area contributed by atoms with Gasteiger partial charge in [0.05, 0.1) is 29.2 Å². The smallest absolute Gasteiger partial charge is 0.270 e. The Hall–Kier alpha value is -2.23. The van der Waals surface area contributed by atoms with Crippen LogP contribution in [-0.2, 0) is 11.8 Å². The maximum atomic E-state index is 12.7. The first-order chi connectivity index (χ1) is 13.8. The summed E-state index contributed by atoms with van der Waals surface area (Å²) in [6, 6.07) is 1.83. The number of nitrogens with zero attached hydrogens (tertiary/aromatic N) is 3. The van der Waals surface area contributed by atoms with Crippen LogP contribution in [0.15, 0.2) is 29.4 Å². The van der Waals surface area contributed by atoms with E-state index in [1.54, 1.807) is 17.9 Å². The van der Waals surface area contributed by atoms with Crippen LogP contribution >= 0.6 is 11.3 Å². The lowest BCUT2D eigenvalue weighted by atomic mass is 9.73. The van der Waals surface area contributed by atoms with E-state index in [4.69, 9.17) is 4.74 Å². The summed E-state index contributed by atoms with van der Waals surface area (Å²) in [6.45, 7) is 3.33. The van der Waals surface area contributed by atoms with Gasteiger partial charge in [0.15, 0.2) is 0 Å². The highest BCUT2D eigenvalue weighted by molar-refractivity contribution is 7.08. The summed E-state index contributed by atoms with van der Waals surface area (Å²) < 4.78 is 7.72. The van der Waals surface area contributed by atoms with E-state index in [1.165, 1.54) is 17.5 Å². The van der Waals surface area contributed by atoms with Gasteiger partial charge in [-0.2, -0.15) is 11.3 Å². The van der Waals surface area contributed by atoms with Crippen LogP contribution in [0.4, 0.5) is 0 Å². The van der Waals surface area contributed by atoms with Gasteiger partial charge in [-0.25, -0.2) is 4.98 Å². The van der Waals surface area contributed by atoms with Crippen LogP contribution in [0.3, 0.4) is 0 Å². The van der Waals surface area contributed by atoms with E-state index < -0.39 is 17.2 Å². The van der Waals surface area contributed by atoms with Crippen LogP contribution in [0.2, 0.25) is 0 Å². The van der Waals surface area contributed by atoms with Gasteiger partial charge in [0.2, 0.25) is 0 Å². The quantitative estimate of drug-likeness (QED) is 0.786. The Morgan fingerprint density at radius 3 is 2.72 bits per heavy atom. The van der Waals surface area contributed by atoms with Gasteiger partial charge in [0.1, 0.15) is 11.8 Å². The fourth-order valence-electron chi connectivity index (χ4n) is 4.37. The van der Waals surface area contributed by atoms with Crippen molar-refractivity contribution in [3.63, 3.8) is 0 Å². The number of carbonyl (C=O) groups is 2. The molecule has 9 heteroatoms. The second kappa shape index (κ2) is 7.55. The maximum Gasteiger partial charge on any atom is 0.270 e. The third-order valence-corrected chi connectivity index (χ3v) is 6.91. The van der Waals surface area contributed by atoms with Gasteiger partial charge in [-0.1, -0.05) is 0 Å². The molecule has 2 aromatic heterocycles. The van der Waals surface area contributed by atoms with Gasteiger partial charge < -0.3 is 24.6 Å². The molecule has 8 nitrogen and oxygen atoms in total. The van der Waals surface area contributed by atoms with Gasteiger partial charge in [0, 0.05) is 32.1 Å². The maximum absolute atomic E-state index is 12.7. The van der Waals surface area contributed by atoms with Gasteiger partial charge in [-0.15, -0.1) is 0 Å². The Morgan fingerprint density at radius 1 is 1.34 bits per heavy atom. The second-order valence-electron chi connectivity index (χ2n) is 8.13. The van der Waals surface area contributed by atoms with Crippen molar-refractivity contribution in [2.24, 2.45) is 7.05 Å². The van der Waals surface area contributed by atoms with Crippen molar-refractivity contribution in [3.05, 3.63) is 40.6 Å². The highest BCUT2D eigenvalue weighted by atomic mass is 32.1. The number of rotatable bonds is 3. The predicted molar refractivity (Wildman–Crippen MR) is 108 cm³/mol. The van der Waals surface area contributed by atoms with E-state index in [0.29, 0.717) is 50.2 Å². The lowest BCUT2D eigenvalue weighted by Gasteiger charge is -2.53. The van der Waals surface area contributed by atoms with Gasteiger partial charge in [-0.3, -0.25) is 9.59 Å². The molecular weight excluding hydrogens is 392 g/mol. The Labute approximate surface area is 173 Å². The molecule has 0 aliphatic carbocycles. The highest BCUT2D eigenvalue weighted by Crippen LogP contribution is 2.40. The molecule has 2 atom stereocenters. The topological polar surface area (TPSA) is 96.7 Å². The number of likely N-dealkylation sites (tertiary alicyclic amines) is 1. The fourth-order valence-corrected chi connectivity index (χ4v) is 5.00. The third-order valence-electron chi connectivity index (χ3n) is 6.23. The molecular formula is C20H26N4O4S. The SMILES string of the molecule is Cn1cncc1C(=O)N[C@]1(C)CCOC2(CCN(C(=O)c3ccsc3)CC2)[C@H]1O. The number of hydrogen-bond acceptors (Lipinski definition) is 6. The van der Waals surface area contributed by atoms with Crippen LogP contribution in [0.5, 0.6) is 0 Å². The standard InChI is InChI=1S/C20H26N4O4S/c1-19(22-16(25)15-11-21-13-23(15)2)6-9-28-20(18(19)27)4-7-24(8-5-20)17(26)14-3-10-29-12-14/h3,10-13,18,27H,4-9H2,1-2H3,(H,22,25)/t18-,19+/m0/s1. The van der Waals surface area contributed by atoms with E-state index in [2.05, 4.69) is 10.3 Å². The average Bonchev–Trinajstić information content (AvgIpc) is 3.38. The zero-order valence-electron chi connectivity index (χ0n) is 16.6. The molecule has 4 heterocycles. The van der Waals surface area contributed by atoms with E-state index in [1.807, 2.05) is 28.7 Å². The summed E-state index contributed by atoms with van der Waals surface area (Å²) >= 11 is 1.50. The number of imidazole rings is 1. The number of aryl methyl sites for hydroxylation is 1. The summed E-state index contributed by atoms with van der Waals surface area (Å²) in [5, 5.41) is 18.0. The third kappa shape index (κ3) is 3.58. The van der Waals surface area contributed by atoms with Crippen molar-refractivity contribution in [2.45, 2.75) is 43.4 Å². The summed E-state index contributed by atoms with van der Waals surface area (Å²) in [6.07, 6.45) is 3.77. The first-order valence-corrected chi connectivity index (χ1v) is 10.7. The van der Waals surface area contributed by atoms with Crippen molar-refractivity contribution in [3.8, 4) is 0 Å². The monoisotopic (exact) mass is 418 g/mol. The van der Waals surface area contributed by atoms with Gasteiger partial charge in [0.25, 0.3) is 11.8 Å². The molecule has 0 aromatic carbocycles. The minimum atomic E-state index is -0.876. The van der Waals surface area contributed by atoms with Crippen LogP contribution in [0.25, 0.3) is 0 Å². The molecule has 2 aliphatic heterocycles. The molecule has 0 radical (unpaired) electrons. The van der Waals surface area contributed by atoms with Crippen molar-refractivity contribution < 1.29 is 19.4 Å². The molecule has 0 unspecified atom stereocenters. The average molecular weight is 419 g/mol. The molecule has 2 N–H and O–H groups in total. The summed E-state index contributed by atoms with van der Waals surface area (Å²) in [5.74, 6) is -0.257. The lowest BCUT2D eigenvalue weighted by molar-refractivity contribution is -0.203. The number of aromatic nitrogens is 2. The molecule has 156 valence electrons. The molecule has 4 rings (SSSR count). The molecule has 2 fully saturated rings. The lowest BCUT2D eigenvalue weighted by Crippen LogP contribution is -2.69. The number of thiophene rings is 1. The molecule has 29 heavy (non-hydrogen) atoms. The second-order valence-corrected chi connectivity index (χ2v) is 8.91. The zero-order chi connectivity index (χ0) is 20.6. The van der Waals surface area contributed by atoms with Crippen LogP contribution < -0.4 is 5.32 Å². The number of nitrogens with one attached hydrogen (secondary N) is 1. The Bertz CT molecular complexity index is 888. The first-order valence-electron chi connectivity index (χ1n) is 9.77. The number of piperidine rings is 1. The van der Waals surface area contributed by atoms with Crippen LogP contribution in [-0.4, -0.2) is 68.3 Å². The normalized spacial score (nSPS) is 26.4. The Balaban J connectivity index is 1.46. The first kappa shape index (κ1) is 20.1. The number of hydrogen-bond donors (Lipinski definition) is 2. The highest BCUT2D eigenvalue weighted by Gasteiger charge is 2.54. The van der Waals surface area contributed by atoms with E-state index >= 15 is 0 Å². The molecule has 2 aromatic rings. The number of carbonyl (C=O) groups excluding carboxylic acids is 2. The predicted octanol–water partition coefficient (Wildman–Crippen LogP) is 1.43. The minimum Gasteiger partial charge on any atom is -0.388 e. The minimum absolute atomic E-state index is 0.0127. The van der Waals surface area contributed by atoms with Crippen molar-refractivity contribution in [1.82, 2.24) is 19.8 Å². The van der Waals surface area contributed by atoms with Crippen molar-refractivity contribution >= 4 is 23.2 Å². The number of aliphatic hydroxyl groups excluding tert-OH is 1. The van der Waals surface area contributed by atoms with Gasteiger partial charge in [-0.05, 0) is 37.6 Å². The van der Waals surface area contributed by atoms with E-state index in [0.717, 1.165) is 0 Å². The largest absolute Gasteiger partial charge is 0.388 e. The molecule has 2 amide bonds. The summed E-state index contributed by atoms with van der Waals surface area (Å²) in [4.78, 5) is 31.1. The number of amides is 2. The summed E-state index contributed by atoms with van der Waals surface area (Å²) in [7, 11) is 1.76. The molecule has 2 saturated heterocycles. The fraction of sp³-hybridized carbons (Fsp3) is 0.550. The number of ether oxygens (including phenoxy) is 1. The van der Waals surface area contributed by atoms with Crippen molar-refractivity contribution in [1.29, 1.82) is 0 Å². The zero-order valence-corrected chi connectivity index (χ0v) is 17.4. The van der Waals surface area contributed by atoms with Crippen LogP contribution in [0.1, 0.15) is 47.0 Å². The number of aliphatic hydroxyl groups is 1. The van der Waals surface area contributed by atoms with Crippen LogP contribution in [0, 0.1) is 0 Å². The molecule has 0 bridgehead atoms. The Kier molecular flexibility index (Phi) is 5.22. The van der Waals surface area contributed by atoms with Crippen molar-refractivity contribution in [2.75, 3.05) is 19.7 Å². The van der Waals surface area contributed by atoms with E-state index in [9.17, 15) is 14.7 Å².